The van der Waals surface area contributed by atoms with E-state index in [1.165, 1.54) is 36.2 Å². The van der Waals surface area contributed by atoms with E-state index in [1.54, 1.807) is 6.07 Å². The molecule has 1 heterocycles. The molecule has 1 unspecified atom stereocenters. The Morgan fingerprint density at radius 3 is 2.50 bits per heavy atom. The lowest BCUT2D eigenvalue weighted by molar-refractivity contribution is -0.137. The highest BCUT2D eigenvalue weighted by atomic mass is 19.4. The Labute approximate surface area is 157 Å². The number of nitrogens with zero attached hydrogens (tertiary/aromatic N) is 2. The summed E-state index contributed by atoms with van der Waals surface area (Å²) in [7, 11) is 1.49. The van der Waals surface area contributed by atoms with Crippen molar-refractivity contribution in [3.8, 4) is 11.5 Å². The van der Waals surface area contributed by atoms with Crippen molar-refractivity contribution in [1.29, 1.82) is 0 Å². The molecule has 148 valence electrons. The van der Waals surface area contributed by atoms with Gasteiger partial charge in [0.25, 0.3) is 5.91 Å². The summed E-state index contributed by atoms with van der Waals surface area (Å²) in [6.07, 6.45) is -5.47. The number of aromatic nitrogens is 1. The third kappa shape index (κ3) is 4.15. The van der Waals surface area contributed by atoms with E-state index in [-0.39, 0.29) is 18.3 Å². The summed E-state index contributed by atoms with van der Waals surface area (Å²) in [4.78, 5) is 17.9. The molecule has 1 atom stereocenters. The number of carbonyl (C=O) groups excluding carboxylic acids is 1. The second-order valence-corrected chi connectivity index (χ2v) is 6.30. The highest BCUT2D eigenvalue weighted by Crippen LogP contribution is 2.31. The first-order valence-corrected chi connectivity index (χ1v) is 8.31. The molecule has 0 saturated heterocycles. The first kappa shape index (κ1) is 19.8. The molecular weight excluding hydrogens is 377 g/mol. The molecule has 0 saturated carbocycles. The standard InChI is InChI=1S/C19H17F3N2O4/c1-24(9-14(26)10-25)18(27)12-4-7-16-15(8-12)23-17(28-16)11-2-5-13(6-3-11)19(20,21)22/h2-8,14,25-26H,9-10H2,1H3. The van der Waals surface area contributed by atoms with Gasteiger partial charge >= 0.3 is 6.18 Å². The van der Waals surface area contributed by atoms with Gasteiger partial charge in [-0.05, 0) is 42.5 Å². The fraction of sp³-hybridized carbons (Fsp3) is 0.263. The monoisotopic (exact) mass is 394 g/mol. The molecular formula is C19H17F3N2O4. The largest absolute Gasteiger partial charge is 0.436 e. The zero-order valence-corrected chi connectivity index (χ0v) is 14.8. The van der Waals surface area contributed by atoms with Gasteiger partial charge in [-0.15, -0.1) is 0 Å². The summed E-state index contributed by atoms with van der Waals surface area (Å²) in [5.41, 5.74) is 0.655. The first-order chi connectivity index (χ1) is 13.2. The van der Waals surface area contributed by atoms with Crippen molar-refractivity contribution in [3.63, 3.8) is 0 Å². The number of alkyl halides is 3. The third-order valence-corrected chi connectivity index (χ3v) is 4.14. The molecule has 3 rings (SSSR count). The topological polar surface area (TPSA) is 86.8 Å². The van der Waals surface area contributed by atoms with Crippen molar-refractivity contribution in [1.82, 2.24) is 9.88 Å². The molecule has 0 aliphatic heterocycles. The average molecular weight is 394 g/mol. The Bertz CT molecular complexity index is 983. The molecule has 28 heavy (non-hydrogen) atoms. The number of rotatable bonds is 5. The van der Waals surface area contributed by atoms with Gasteiger partial charge in [-0.2, -0.15) is 13.2 Å². The number of aliphatic hydroxyl groups excluding tert-OH is 2. The molecule has 9 heteroatoms. The Kier molecular flexibility index (Phi) is 5.39. The molecule has 0 bridgehead atoms. The molecule has 2 N–H and O–H groups in total. The number of hydrogen-bond acceptors (Lipinski definition) is 5. The van der Waals surface area contributed by atoms with E-state index in [9.17, 15) is 23.1 Å². The molecule has 0 aliphatic rings. The zero-order valence-electron chi connectivity index (χ0n) is 14.8. The predicted molar refractivity (Wildman–Crippen MR) is 94.5 cm³/mol. The average Bonchev–Trinajstić information content (AvgIpc) is 3.09. The van der Waals surface area contributed by atoms with E-state index < -0.39 is 24.5 Å². The Morgan fingerprint density at radius 2 is 1.89 bits per heavy atom. The van der Waals surface area contributed by atoms with E-state index in [0.29, 0.717) is 22.2 Å². The fourth-order valence-electron chi connectivity index (χ4n) is 2.66. The van der Waals surface area contributed by atoms with Crippen LogP contribution in [0.1, 0.15) is 15.9 Å². The number of oxazole rings is 1. The number of benzene rings is 2. The van der Waals surface area contributed by atoms with Gasteiger partial charge in [-0.1, -0.05) is 0 Å². The number of carbonyl (C=O) groups is 1. The number of hydrogen-bond donors (Lipinski definition) is 2. The molecule has 0 spiro atoms. The van der Waals surface area contributed by atoms with Gasteiger partial charge < -0.3 is 19.5 Å². The molecule has 0 fully saturated rings. The van der Waals surface area contributed by atoms with Crippen LogP contribution in [0.4, 0.5) is 13.2 Å². The van der Waals surface area contributed by atoms with Crippen LogP contribution >= 0.6 is 0 Å². The SMILES string of the molecule is CN(CC(O)CO)C(=O)c1ccc2oc(-c3ccc(C(F)(F)F)cc3)nc2c1. The van der Waals surface area contributed by atoms with Crippen LogP contribution in [0.3, 0.4) is 0 Å². The van der Waals surface area contributed by atoms with Gasteiger partial charge in [0.05, 0.1) is 18.3 Å². The normalized spacial score (nSPS) is 12.9. The van der Waals surface area contributed by atoms with Crippen molar-refractivity contribution in [2.24, 2.45) is 0 Å². The number of fused-ring (bicyclic) bond motifs is 1. The predicted octanol–water partition coefficient (Wildman–Crippen LogP) is 2.94. The lowest BCUT2D eigenvalue weighted by Gasteiger charge is -2.19. The molecule has 6 nitrogen and oxygen atoms in total. The summed E-state index contributed by atoms with van der Waals surface area (Å²) in [6.45, 7) is -0.501. The van der Waals surface area contributed by atoms with Crippen LogP contribution in [0.5, 0.6) is 0 Å². The minimum Gasteiger partial charge on any atom is -0.436 e. The first-order valence-electron chi connectivity index (χ1n) is 8.31. The van der Waals surface area contributed by atoms with E-state index in [2.05, 4.69) is 4.98 Å². The zero-order chi connectivity index (χ0) is 20.5. The Hall–Kier alpha value is -2.91. The summed E-state index contributed by atoms with van der Waals surface area (Å²) < 4.78 is 43.6. The third-order valence-electron chi connectivity index (χ3n) is 4.14. The van der Waals surface area contributed by atoms with Gasteiger partial charge in [0.1, 0.15) is 5.52 Å². The lowest BCUT2D eigenvalue weighted by atomic mass is 10.1. The summed E-state index contributed by atoms with van der Waals surface area (Å²) in [5, 5.41) is 18.3. The lowest BCUT2D eigenvalue weighted by Crippen LogP contribution is -2.35. The van der Waals surface area contributed by atoms with E-state index >= 15 is 0 Å². The van der Waals surface area contributed by atoms with Crippen LogP contribution < -0.4 is 0 Å². The fourth-order valence-corrected chi connectivity index (χ4v) is 2.66. The highest BCUT2D eigenvalue weighted by molar-refractivity contribution is 5.97. The summed E-state index contributed by atoms with van der Waals surface area (Å²) in [5.74, 6) is -0.245. The number of likely N-dealkylation sites (N-methyl/N-ethyl adjacent to an activating group) is 1. The van der Waals surface area contributed by atoms with Crippen LogP contribution in [0, 0.1) is 0 Å². The minimum atomic E-state index is -4.43. The van der Waals surface area contributed by atoms with Crippen LogP contribution in [0.25, 0.3) is 22.6 Å². The summed E-state index contributed by atoms with van der Waals surface area (Å²) in [6, 6.07) is 8.98. The quantitative estimate of drug-likeness (QED) is 0.695. The van der Waals surface area contributed by atoms with Crippen molar-refractivity contribution < 1.29 is 32.6 Å². The minimum absolute atomic E-state index is 0.0387. The van der Waals surface area contributed by atoms with Gasteiger partial charge in [0.2, 0.25) is 5.89 Å². The van der Waals surface area contributed by atoms with Crippen molar-refractivity contribution in [3.05, 3.63) is 53.6 Å². The van der Waals surface area contributed by atoms with E-state index in [4.69, 9.17) is 9.52 Å². The number of halogens is 3. The van der Waals surface area contributed by atoms with Gasteiger partial charge in [-0.3, -0.25) is 4.79 Å². The Morgan fingerprint density at radius 1 is 1.21 bits per heavy atom. The number of amides is 1. The van der Waals surface area contributed by atoms with Gasteiger partial charge in [0, 0.05) is 24.7 Å². The van der Waals surface area contributed by atoms with Crippen LogP contribution in [-0.2, 0) is 6.18 Å². The second kappa shape index (κ2) is 7.61. The molecule has 1 aromatic heterocycles. The molecule has 1 amide bonds. The maximum atomic E-state index is 12.7. The van der Waals surface area contributed by atoms with E-state index in [1.807, 2.05) is 0 Å². The molecule has 2 aromatic carbocycles. The maximum absolute atomic E-state index is 12.7. The van der Waals surface area contributed by atoms with E-state index in [0.717, 1.165) is 12.1 Å². The van der Waals surface area contributed by atoms with Crippen molar-refractivity contribution in [2.75, 3.05) is 20.2 Å². The highest BCUT2D eigenvalue weighted by Gasteiger charge is 2.30. The van der Waals surface area contributed by atoms with Gasteiger partial charge in [-0.25, -0.2) is 4.98 Å². The van der Waals surface area contributed by atoms with Crippen molar-refractivity contribution >= 4 is 17.0 Å². The Balaban J connectivity index is 1.86. The molecule has 0 aliphatic carbocycles. The van der Waals surface area contributed by atoms with Crippen LogP contribution in [-0.4, -0.2) is 52.3 Å². The second-order valence-electron chi connectivity index (χ2n) is 6.30. The summed E-state index contributed by atoms with van der Waals surface area (Å²) >= 11 is 0. The van der Waals surface area contributed by atoms with Crippen LogP contribution in [0.2, 0.25) is 0 Å². The van der Waals surface area contributed by atoms with Gasteiger partial charge in [0.15, 0.2) is 5.58 Å². The molecule has 0 radical (unpaired) electrons. The van der Waals surface area contributed by atoms with Crippen LogP contribution in [0.15, 0.2) is 46.9 Å². The number of aliphatic hydroxyl groups is 2. The smallest absolute Gasteiger partial charge is 0.416 e. The maximum Gasteiger partial charge on any atom is 0.416 e. The van der Waals surface area contributed by atoms with Crippen molar-refractivity contribution in [2.45, 2.75) is 12.3 Å². The molecule has 3 aromatic rings.